The van der Waals surface area contributed by atoms with E-state index < -0.39 is 10.8 Å². The second-order valence-corrected chi connectivity index (χ2v) is 24.0. The van der Waals surface area contributed by atoms with E-state index in [9.17, 15) is 0 Å². The summed E-state index contributed by atoms with van der Waals surface area (Å²) in [5.41, 5.74) is 22.2. The molecule has 0 heterocycles. The smallest absolute Gasteiger partial charge is 0.127 e. The molecule has 0 N–H and O–H groups in total. The Kier molecular flexibility index (Phi) is 12.8. The van der Waals surface area contributed by atoms with Gasteiger partial charge in [0.2, 0.25) is 0 Å². The molecular formula is C83H61F2NO2. The van der Waals surface area contributed by atoms with Crippen molar-refractivity contribution in [2.24, 2.45) is 0 Å². The largest absolute Gasteiger partial charge is 0.457 e. The van der Waals surface area contributed by atoms with Crippen LogP contribution >= 0.6 is 0 Å². The molecule has 0 amide bonds. The highest BCUT2D eigenvalue weighted by Crippen LogP contribution is 2.61. The Morgan fingerprint density at radius 2 is 0.659 bits per heavy atom. The maximum atomic E-state index is 15.6. The molecule has 2 atom stereocenters. The van der Waals surface area contributed by atoms with Crippen molar-refractivity contribution in [2.45, 2.75) is 43.9 Å². The Hall–Kier alpha value is -10.6. The average Bonchev–Trinajstić information content (AvgIpc) is 1.56. The standard InChI is InChI=1S/C83H61F2NO2/c1-7-54-21-34-63(35-22-54)87-65-38-25-56(26-39-65)82(73-45-29-58(84)47-52(73)3)76-19-13-10-16-68(76)71-43-32-61(50-79(71)82)86(60-31-42-70-67-15-9-12-18-75(67)81(5,6)78(70)49-60)62-33-44-72-69-17-11-14-20-77(69)83(80(72)51-62,74-46-30-59(85)48-53(74)4)57-27-40-66(41-28-57)88-64-36-23-55(8-2)24-37-64/h7-51H,1-2H2,3-6H3. The fourth-order valence-corrected chi connectivity index (χ4v) is 14.9. The third kappa shape index (κ3) is 8.36. The first kappa shape index (κ1) is 54.1. The number of anilines is 3. The van der Waals surface area contributed by atoms with E-state index in [0.717, 1.165) is 118 Å². The first-order valence-corrected chi connectivity index (χ1v) is 30.0. The number of hydrogen-bond donors (Lipinski definition) is 0. The minimum absolute atomic E-state index is 0.291. The molecule has 88 heavy (non-hydrogen) atoms. The zero-order valence-corrected chi connectivity index (χ0v) is 49.4. The Bertz CT molecular complexity index is 4540. The van der Waals surface area contributed by atoms with Gasteiger partial charge in [0.05, 0.1) is 10.8 Å². The summed E-state index contributed by atoms with van der Waals surface area (Å²) in [5, 5.41) is 0. The number of ether oxygens (including phenoxy) is 2. The molecule has 5 heteroatoms. The van der Waals surface area contributed by atoms with Crippen LogP contribution < -0.4 is 14.4 Å². The highest BCUT2D eigenvalue weighted by atomic mass is 19.1. The van der Waals surface area contributed by atoms with E-state index in [0.29, 0.717) is 11.5 Å². The van der Waals surface area contributed by atoms with E-state index in [1.165, 1.54) is 22.3 Å². The maximum absolute atomic E-state index is 15.6. The van der Waals surface area contributed by atoms with E-state index in [1.54, 1.807) is 24.3 Å². The van der Waals surface area contributed by atoms with Gasteiger partial charge in [0.25, 0.3) is 0 Å². The summed E-state index contributed by atoms with van der Waals surface area (Å²) in [5.74, 6) is 2.24. The van der Waals surface area contributed by atoms with Crippen LogP contribution in [0.25, 0.3) is 45.5 Å². The molecule has 0 radical (unpaired) electrons. The minimum atomic E-state index is -0.906. The van der Waals surface area contributed by atoms with Gasteiger partial charge in [-0.25, -0.2) is 8.78 Å². The van der Waals surface area contributed by atoms with E-state index in [4.69, 9.17) is 9.47 Å². The van der Waals surface area contributed by atoms with Gasteiger partial charge in [0.15, 0.2) is 0 Å². The van der Waals surface area contributed by atoms with Crippen molar-refractivity contribution in [2.75, 3.05) is 4.90 Å². The van der Waals surface area contributed by atoms with Gasteiger partial charge in [-0.15, -0.1) is 0 Å². The summed E-state index contributed by atoms with van der Waals surface area (Å²) in [6.07, 6.45) is 3.64. The monoisotopic (exact) mass is 1140 g/mol. The molecule has 0 spiro atoms. The fourth-order valence-electron chi connectivity index (χ4n) is 14.9. The van der Waals surface area contributed by atoms with Crippen molar-refractivity contribution in [3.05, 3.63) is 364 Å². The molecular weight excluding hydrogens is 1080 g/mol. The van der Waals surface area contributed by atoms with Gasteiger partial charge >= 0.3 is 0 Å². The van der Waals surface area contributed by atoms with E-state index >= 15 is 8.78 Å². The Balaban J connectivity index is 0.964. The molecule has 424 valence electrons. The van der Waals surface area contributed by atoms with Crippen molar-refractivity contribution in [3.63, 3.8) is 0 Å². The molecule has 12 aromatic carbocycles. The molecule has 12 aromatic rings. The lowest BCUT2D eigenvalue weighted by molar-refractivity contribution is 0.482. The highest BCUT2D eigenvalue weighted by molar-refractivity contribution is 5.94. The summed E-state index contributed by atoms with van der Waals surface area (Å²) in [4.78, 5) is 2.42. The normalized spacial score (nSPS) is 16.1. The van der Waals surface area contributed by atoms with Gasteiger partial charge in [0.1, 0.15) is 34.6 Å². The van der Waals surface area contributed by atoms with Crippen molar-refractivity contribution >= 4 is 29.2 Å². The zero-order chi connectivity index (χ0) is 60.1. The summed E-state index contributed by atoms with van der Waals surface area (Å²) >= 11 is 0. The molecule has 3 aliphatic rings. The number of benzene rings is 12. The van der Waals surface area contributed by atoms with Crippen molar-refractivity contribution in [3.8, 4) is 56.4 Å². The summed E-state index contributed by atoms with van der Waals surface area (Å²) in [6, 6.07) is 89.9. The van der Waals surface area contributed by atoms with Crippen LogP contribution in [0.4, 0.5) is 25.8 Å². The molecule has 0 bridgehead atoms. The quantitative estimate of drug-likeness (QED) is 0.115. The molecule has 0 saturated heterocycles. The van der Waals surface area contributed by atoms with Gasteiger partial charge in [-0.05, 0) is 234 Å². The topological polar surface area (TPSA) is 21.7 Å². The van der Waals surface area contributed by atoms with Crippen LogP contribution in [0.15, 0.2) is 274 Å². The molecule has 0 aromatic heterocycles. The maximum Gasteiger partial charge on any atom is 0.127 e. The first-order chi connectivity index (χ1) is 42.9. The zero-order valence-electron chi connectivity index (χ0n) is 49.4. The molecule has 0 aliphatic heterocycles. The van der Waals surface area contributed by atoms with Crippen LogP contribution in [0.1, 0.15) is 91.7 Å². The lowest BCUT2D eigenvalue weighted by Gasteiger charge is -2.37. The second kappa shape index (κ2) is 20.8. The molecule has 3 nitrogen and oxygen atoms in total. The van der Waals surface area contributed by atoms with Crippen molar-refractivity contribution in [1.29, 1.82) is 0 Å². The average molecular weight is 1140 g/mol. The SMILES string of the molecule is C=Cc1ccc(Oc2ccc(C3(c4ccc(F)cc4C)c4ccccc4-c4ccc(N(c5ccc6c(c5)C(C)(C)c5ccccc5-6)c5ccc6c(c5)C(c5ccc(Oc7ccc(C=C)cc7)cc5)(c5ccc(F)cc5C)c5ccccc5-6)cc43)cc2)cc1. The number of aryl methyl sites for hydroxylation is 2. The van der Waals surface area contributed by atoms with Gasteiger partial charge in [-0.2, -0.15) is 0 Å². The Morgan fingerprint density at radius 3 is 1.05 bits per heavy atom. The van der Waals surface area contributed by atoms with Crippen molar-refractivity contribution < 1.29 is 18.3 Å². The van der Waals surface area contributed by atoms with Crippen molar-refractivity contribution in [1.82, 2.24) is 0 Å². The Labute approximate surface area is 513 Å². The third-order valence-corrected chi connectivity index (χ3v) is 18.9. The predicted octanol–water partition coefficient (Wildman–Crippen LogP) is 22.0. The third-order valence-electron chi connectivity index (χ3n) is 18.9. The molecule has 15 rings (SSSR count). The van der Waals surface area contributed by atoms with E-state index in [-0.39, 0.29) is 17.0 Å². The predicted molar refractivity (Wildman–Crippen MR) is 356 cm³/mol. The van der Waals surface area contributed by atoms with Crippen LogP contribution in [0.5, 0.6) is 23.0 Å². The summed E-state index contributed by atoms with van der Waals surface area (Å²) in [6.45, 7) is 16.5. The van der Waals surface area contributed by atoms with Crippen LogP contribution in [0.2, 0.25) is 0 Å². The number of rotatable bonds is 13. The van der Waals surface area contributed by atoms with E-state index in [2.05, 4.69) is 184 Å². The van der Waals surface area contributed by atoms with E-state index in [1.807, 2.05) is 111 Å². The van der Waals surface area contributed by atoms with Gasteiger partial charge in [-0.1, -0.05) is 191 Å². The first-order valence-electron chi connectivity index (χ1n) is 30.0. The highest BCUT2D eigenvalue weighted by Gasteiger charge is 2.49. The van der Waals surface area contributed by atoms with Gasteiger partial charge in [0, 0.05) is 22.5 Å². The molecule has 0 saturated carbocycles. The molecule has 3 aliphatic carbocycles. The number of fused-ring (bicyclic) bond motifs is 9. The summed E-state index contributed by atoms with van der Waals surface area (Å²) < 4.78 is 44.2. The van der Waals surface area contributed by atoms with Crippen LogP contribution in [-0.4, -0.2) is 0 Å². The van der Waals surface area contributed by atoms with Gasteiger partial charge < -0.3 is 14.4 Å². The summed E-state index contributed by atoms with van der Waals surface area (Å²) in [7, 11) is 0. The molecule has 2 unspecified atom stereocenters. The number of hydrogen-bond acceptors (Lipinski definition) is 3. The minimum Gasteiger partial charge on any atom is -0.457 e. The van der Waals surface area contributed by atoms with Crippen LogP contribution in [0, 0.1) is 25.5 Å². The lowest BCUT2D eigenvalue weighted by Crippen LogP contribution is -2.30. The molecule has 0 fully saturated rings. The van der Waals surface area contributed by atoms with Gasteiger partial charge in [-0.3, -0.25) is 0 Å². The second-order valence-electron chi connectivity index (χ2n) is 24.0. The lowest BCUT2D eigenvalue weighted by atomic mass is 9.66. The fraction of sp³-hybridized carbons (Fsp3) is 0.0843. The van der Waals surface area contributed by atoms with Crippen LogP contribution in [0.3, 0.4) is 0 Å². The van der Waals surface area contributed by atoms with Crippen LogP contribution in [-0.2, 0) is 16.2 Å². The number of halogens is 2. The number of nitrogens with zero attached hydrogens (tertiary/aromatic N) is 1. The Morgan fingerprint density at radius 1 is 0.330 bits per heavy atom.